The summed E-state index contributed by atoms with van der Waals surface area (Å²) in [4.78, 5) is 12.8. The standard InChI is InChI=1S/C25H22F6N4O5/c1-15(40-23(36)38-11-10-37-2)35-33-21(8-9-32)22(34-35)16-4-3-5-19(13-16)39-14-17-12-18(24(26,27)28)6-7-20(17)25(29,30)31/h3-7,12-13,15H,10-11,14,32H2,1-2H3. The summed E-state index contributed by atoms with van der Waals surface area (Å²) in [7, 11) is 1.43. The van der Waals surface area contributed by atoms with Crippen LogP contribution in [0.15, 0.2) is 42.5 Å². The minimum atomic E-state index is -4.89. The Kier molecular flexibility index (Phi) is 9.48. The number of aromatic nitrogens is 3. The average Bonchev–Trinajstić information content (AvgIpc) is 3.31. The molecule has 0 saturated heterocycles. The predicted octanol–water partition coefficient (Wildman–Crippen LogP) is 5.15. The molecule has 2 N–H and O–H groups in total. The summed E-state index contributed by atoms with van der Waals surface area (Å²) in [6, 6.07) is 9.11. The van der Waals surface area contributed by atoms with E-state index in [1.807, 2.05) is 0 Å². The highest BCUT2D eigenvalue weighted by atomic mass is 19.4. The number of benzene rings is 2. The topological polar surface area (TPSA) is 111 Å². The summed E-state index contributed by atoms with van der Waals surface area (Å²) in [5, 5.41) is 8.40. The van der Waals surface area contributed by atoms with E-state index in [-0.39, 0.29) is 30.4 Å². The van der Waals surface area contributed by atoms with Gasteiger partial charge in [-0.1, -0.05) is 12.1 Å². The lowest BCUT2D eigenvalue weighted by atomic mass is 10.0. The quantitative estimate of drug-likeness (QED) is 0.123. The highest BCUT2D eigenvalue weighted by Crippen LogP contribution is 2.37. The van der Waals surface area contributed by atoms with Crippen molar-refractivity contribution >= 4 is 6.16 Å². The third-order valence-corrected chi connectivity index (χ3v) is 5.16. The fraction of sp³-hybridized carbons (Fsp3) is 0.320. The summed E-state index contributed by atoms with van der Waals surface area (Å²) < 4.78 is 99.7. The molecule has 9 nitrogen and oxygen atoms in total. The van der Waals surface area contributed by atoms with E-state index in [1.54, 1.807) is 6.07 Å². The predicted molar refractivity (Wildman–Crippen MR) is 126 cm³/mol. The van der Waals surface area contributed by atoms with Crippen molar-refractivity contribution in [2.24, 2.45) is 5.73 Å². The summed E-state index contributed by atoms with van der Waals surface area (Å²) >= 11 is 0. The van der Waals surface area contributed by atoms with Crippen LogP contribution < -0.4 is 10.5 Å². The van der Waals surface area contributed by atoms with Crippen LogP contribution >= 0.6 is 0 Å². The number of halogens is 6. The Balaban J connectivity index is 1.85. The third-order valence-electron chi connectivity index (χ3n) is 5.16. The Morgan fingerprint density at radius 2 is 1.80 bits per heavy atom. The van der Waals surface area contributed by atoms with Crippen molar-refractivity contribution in [1.29, 1.82) is 0 Å². The van der Waals surface area contributed by atoms with E-state index in [0.717, 1.165) is 4.80 Å². The van der Waals surface area contributed by atoms with Gasteiger partial charge in [-0.2, -0.15) is 26.3 Å². The average molecular weight is 572 g/mol. The van der Waals surface area contributed by atoms with Crippen LogP contribution in [-0.2, 0) is 33.2 Å². The molecular formula is C25H22F6N4O5. The molecule has 0 amide bonds. The SMILES string of the molecule is COCCOC(=O)OC(C)n1nc(C#CN)c(-c2cccc(OCc3cc(C(F)(F)F)ccc3C(F)(F)F)c2)n1. The van der Waals surface area contributed by atoms with Gasteiger partial charge in [-0.15, -0.1) is 15.0 Å². The molecule has 0 saturated carbocycles. The largest absolute Gasteiger partial charge is 0.510 e. The molecule has 0 aliphatic heterocycles. The number of nitrogens with zero attached hydrogens (tertiary/aromatic N) is 3. The van der Waals surface area contributed by atoms with Gasteiger partial charge in [0.1, 0.15) is 24.7 Å². The van der Waals surface area contributed by atoms with Crippen LogP contribution in [0.25, 0.3) is 11.3 Å². The highest BCUT2D eigenvalue weighted by molar-refractivity contribution is 5.66. The lowest BCUT2D eigenvalue weighted by molar-refractivity contribution is -0.142. The number of carbonyl (C=O) groups is 1. The number of alkyl halides is 6. The second kappa shape index (κ2) is 12.6. The molecule has 3 rings (SSSR count). The Morgan fingerprint density at radius 3 is 2.45 bits per heavy atom. The van der Waals surface area contributed by atoms with Crippen LogP contribution in [0.2, 0.25) is 0 Å². The molecule has 0 bridgehead atoms. The molecule has 1 unspecified atom stereocenters. The van der Waals surface area contributed by atoms with E-state index >= 15 is 0 Å². The summed E-state index contributed by atoms with van der Waals surface area (Å²) in [6.45, 7) is 0.767. The monoisotopic (exact) mass is 572 g/mol. The van der Waals surface area contributed by atoms with Crippen LogP contribution in [0.5, 0.6) is 5.75 Å². The fourth-order valence-corrected chi connectivity index (χ4v) is 3.32. The summed E-state index contributed by atoms with van der Waals surface area (Å²) in [5.41, 5.74) is 2.68. The lowest BCUT2D eigenvalue weighted by Gasteiger charge is -2.16. The van der Waals surface area contributed by atoms with E-state index in [2.05, 4.69) is 22.2 Å². The van der Waals surface area contributed by atoms with Gasteiger partial charge in [0.15, 0.2) is 5.69 Å². The summed E-state index contributed by atoms with van der Waals surface area (Å²) in [5.74, 6) is 2.56. The maximum atomic E-state index is 13.4. The van der Waals surface area contributed by atoms with Gasteiger partial charge in [-0.3, -0.25) is 0 Å². The molecule has 2 aromatic carbocycles. The van der Waals surface area contributed by atoms with Crippen LogP contribution in [0.1, 0.15) is 35.5 Å². The number of nitrogens with two attached hydrogens (primary N) is 1. The molecule has 1 atom stereocenters. The van der Waals surface area contributed by atoms with Gasteiger partial charge in [-0.25, -0.2) is 4.79 Å². The van der Waals surface area contributed by atoms with Gasteiger partial charge < -0.3 is 24.7 Å². The number of carbonyl (C=O) groups excluding carboxylic acids is 1. The third kappa shape index (κ3) is 7.79. The molecule has 0 fully saturated rings. The number of rotatable bonds is 9. The van der Waals surface area contributed by atoms with Gasteiger partial charge in [0.25, 0.3) is 0 Å². The molecule has 0 aliphatic rings. The van der Waals surface area contributed by atoms with Crippen molar-refractivity contribution in [3.05, 3.63) is 64.8 Å². The first-order chi connectivity index (χ1) is 18.8. The normalized spacial score (nSPS) is 12.3. The first-order valence-corrected chi connectivity index (χ1v) is 11.3. The Hall–Kier alpha value is -4.45. The first kappa shape index (κ1) is 30.1. The molecule has 40 heavy (non-hydrogen) atoms. The molecular weight excluding hydrogens is 550 g/mol. The molecule has 0 spiro atoms. The van der Waals surface area contributed by atoms with E-state index in [9.17, 15) is 31.1 Å². The lowest BCUT2D eigenvalue weighted by Crippen LogP contribution is -2.19. The van der Waals surface area contributed by atoms with Crippen LogP contribution in [0, 0.1) is 12.0 Å². The molecule has 0 radical (unpaired) electrons. The van der Waals surface area contributed by atoms with Crippen molar-refractivity contribution in [2.45, 2.75) is 32.1 Å². The van der Waals surface area contributed by atoms with E-state index < -0.39 is 48.0 Å². The number of hydrogen-bond acceptors (Lipinski definition) is 8. The zero-order chi connectivity index (χ0) is 29.5. The molecule has 0 aliphatic carbocycles. The van der Waals surface area contributed by atoms with Crippen molar-refractivity contribution in [3.63, 3.8) is 0 Å². The van der Waals surface area contributed by atoms with E-state index in [4.69, 9.17) is 24.7 Å². The minimum absolute atomic E-state index is 0.0234. The van der Waals surface area contributed by atoms with Crippen molar-refractivity contribution in [2.75, 3.05) is 20.3 Å². The molecule has 15 heteroatoms. The van der Waals surface area contributed by atoms with Crippen LogP contribution in [-0.4, -0.2) is 41.5 Å². The van der Waals surface area contributed by atoms with Crippen molar-refractivity contribution in [3.8, 4) is 29.0 Å². The smallest absolute Gasteiger partial charge is 0.489 e. The number of hydrogen-bond donors (Lipinski definition) is 1. The fourth-order valence-electron chi connectivity index (χ4n) is 3.32. The van der Waals surface area contributed by atoms with Gasteiger partial charge in [-0.05, 0) is 43.2 Å². The molecule has 3 aromatic rings. The van der Waals surface area contributed by atoms with Gasteiger partial charge in [0.2, 0.25) is 6.23 Å². The zero-order valence-corrected chi connectivity index (χ0v) is 21.0. The highest BCUT2D eigenvalue weighted by Gasteiger charge is 2.37. The van der Waals surface area contributed by atoms with Gasteiger partial charge in [0.05, 0.1) is 17.7 Å². The Morgan fingerprint density at radius 1 is 1.05 bits per heavy atom. The minimum Gasteiger partial charge on any atom is -0.489 e. The second-order valence-electron chi connectivity index (χ2n) is 7.98. The van der Waals surface area contributed by atoms with E-state index in [0.29, 0.717) is 23.8 Å². The van der Waals surface area contributed by atoms with Crippen LogP contribution in [0.3, 0.4) is 0 Å². The Bertz CT molecular complexity index is 1390. The Labute approximate surface area is 223 Å². The van der Waals surface area contributed by atoms with E-state index in [1.165, 1.54) is 32.2 Å². The molecule has 1 aromatic heterocycles. The number of methoxy groups -OCH3 is 1. The zero-order valence-electron chi connectivity index (χ0n) is 21.0. The van der Waals surface area contributed by atoms with Crippen molar-refractivity contribution < 1.29 is 50.1 Å². The first-order valence-electron chi connectivity index (χ1n) is 11.3. The van der Waals surface area contributed by atoms with Crippen molar-refractivity contribution in [1.82, 2.24) is 15.0 Å². The maximum Gasteiger partial charge on any atom is 0.510 e. The van der Waals surface area contributed by atoms with Crippen LogP contribution in [0.4, 0.5) is 31.1 Å². The second-order valence-corrected chi connectivity index (χ2v) is 7.98. The van der Waals surface area contributed by atoms with Gasteiger partial charge in [0, 0.05) is 24.3 Å². The summed E-state index contributed by atoms with van der Waals surface area (Å²) in [6.07, 6.45) is -11.8. The molecule has 1 heterocycles. The maximum absolute atomic E-state index is 13.4. The number of ether oxygens (including phenoxy) is 4. The molecule has 214 valence electrons. The van der Waals surface area contributed by atoms with Gasteiger partial charge >= 0.3 is 18.5 Å².